The molecule has 2 heterocycles. The van der Waals surface area contributed by atoms with Crippen LogP contribution in [0.3, 0.4) is 0 Å². The molecule has 1 N–H and O–H groups in total. The summed E-state index contributed by atoms with van der Waals surface area (Å²) in [7, 11) is 0. The van der Waals surface area contributed by atoms with Crippen molar-refractivity contribution in [1.82, 2.24) is 4.98 Å². The zero-order valence-corrected chi connectivity index (χ0v) is 20.4. The molecule has 0 radical (unpaired) electrons. The molecule has 0 unspecified atom stereocenters. The Balaban J connectivity index is 1.31. The number of fused-ring (bicyclic) bond motifs is 1. The van der Waals surface area contributed by atoms with Gasteiger partial charge in [0.15, 0.2) is 5.58 Å². The molecular weight excluding hydrogens is 483 g/mol. The molecule has 5 rings (SSSR count). The van der Waals surface area contributed by atoms with Gasteiger partial charge in [-0.2, -0.15) is 0 Å². The molecule has 2 aromatic heterocycles. The number of hydrogen-bond donors (Lipinski definition) is 1. The summed E-state index contributed by atoms with van der Waals surface area (Å²) in [6.45, 7) is 3.93. The molecule has 5 nitrogen and oxygen atoms in total. The van der Waals surface area contributed by atoms with Crippen LogP contribution < -0.4 is 5.32 Å². The maximum absolute atomic E-state index is 12.5. The quantitative estimate of drug-likeness (QED) is 0.245. The van der Waals surface area contributed by atoms with Crippen molar-refractivity contribution in [2.45, 2.75) is 13.8 Å². The van der Waals surface area contributed by atoms with Gasteiger partial charge in [-0.25, -0.2) is 4.98 Å². The van der Waals surface area contributed by atoms with Gasteiger partial charge in [0.05, 0.1) is 10.6 Å². The van der Waals surface area contributed by atoms with Crippen molar-refractivity contribution in [3.63, 3.8) is 0 Å². The van der Waals surface area contributed by atoms with Crippen molar-refractivity contribution in [1.29, 1.82) is 0 Å². The minimum absolute atomic E-state index is 0.317. The highest BCUT2D eigenvalue weighted by Gasteiger charge is 2.13. The van der Waals surface area contributed by atoms with Crippen LogP contribution >= 0.6 is 23.2 Å². The van der Waals surface area contributed by atoms with E-state index in [4.69, 9.17) is 32.0 Å². The van der Waals surface area contributed by atoms with Crippen molar-refractivity contribution in [2.75, 3.05) is 5.32 Å². The summed E-state index contributed by atoms with van der Waals surface area (Å²) in [6, 6.07) is 20.3. The Labute approximate surface area is 212 Å². The van der Waals surface area contributed by atoms with Gasteiger partial charge >= 0.3 is 0 Å². The Hall–Kier alpha value is -3.80. The minimum atomic E-state index is -0.317. The Morgan fingerprint density at radius 3 is 2.60 bits per heavy atom. The van der Waals surface area contributed by atoms with Crippen LogP contribution in [0.2, 0.25) is 10.0 Å². The number of anilines is 1. The summed E-state index contributed by atoms with van der Waals surface area (Å²) >= 11 is 12.6. The molecular formula is C28H20Cl2N2O3. The van der Waals surface area contributed by atoms with E-state index in [9.17, 15) is 4.79 Å². The average Bonchev–Trinajstić information content (AvgIpc) is 3.47. The van der Waals surface area contributed by atoms with E-state index in [-0.39, 0.29) is 5.91 Å². The van der Waals surface area contributed by atoms with Crippen molar-refractivity contribution in [2.24, 2.45) is 0 Å². The van der Waals surface area contributed by atoms with E-state index < -0.39 is 0 Å². The molecule has 35 heavy (non-hydrogen) atoms. The lowest BCUT2D eigenvalue weighted by molar-refractivity contribution is -0.111. The van der Waals surface area contributed by atoms with Gasteiger partial charge in [0.1, 0.15) is 17.0 Å². The maximum atomic E-state index is 12.5. The highest BCUT2D eigenvalue weighted by atomic mass is 35.5. The van der Waals surface area contributed by atoms with E-state index in [1.54, 1.807) is 30.3 Å². The van der Waals surface area contributed by atoms with Gasteiger partial charge in [0.25, 0.3) is 0 Å². The third kappa shape index (κ3) is 5.02. The molecule has 0 spiro atoms. The first-order valence-electron chi connectivity index (χ1n) is 10.9. The number of amides is 1. The van der Waals surface area contributed by atoms with Crippen LogP contribution in [0.1, 0.15) is 16.9 Å². The average molecular weight is 503 g/mol. The molecule has 0 bridgehead atoms. The number of halogens is 2. The van der Waals surface area contributed by atoms with Gasteiger partial charge in [-0.05, 0) is 79.6 Å². The topological polar surface area (TPSA) is 68.3 Å². The molecule has 3 aromatic carbocycles. The Morgan fingerprint density at radius 1 is 0.914 bits per heavy atom. The van der Waals surface area contributed by atoms with Crippen LogP contribution in [0.5, 0.6) is 0 Å². The maximum Gasteiger partial charge on any atom is 0.248 e. The molecule has 0 saturated carbocycles. The lowest BCUT2D eigenvalue weighted by atomic mass is 10.1. The molecule has 0 aliphatic heterocycles. The first-order chi connectivity index (χ1) is 16.9. The number of aromatic nitrogens is 1. The minimum Gasteiger partial charge on any atom is -0.457 e. The fourth-order valence-corrected chi connectivity index (χ4v) is 3.98. The number of carbonyl (C=O) groups excluding carboxylic acids is 1. The summed E-state index contributed by atoms with van der Waals surface area (Å²) in [4.78, 5) is 17.0. The summed E-state index contributed by atoms with van der Waals surface area (Å²) in [6.07, 6.45) is 3.01. The van der Waals surface area contributed by atoms with Gasteiger partial charge in [-0.3, -0.25) is 4.79 Å². The Bertz CT molecular complexity index is 1600. The predicted octanol–water partition coefficient (Wildman–Crippen LogP) is 8.33. The molecule has 0 fully saturated rings. The van der Waals surface area contributed by atoms with Crippen LogP contribution in [0, 0.1) is 13.8 Å². The van der Waals surface area contributed by atoms with Gasteiger partial charge in [0.2, 0.25) is 11.8 Å². The Morgan fingerprint density at radius 2 is 1.77 bits per heavy atom. The van der Waals surface area contributed by atoms with E-state index >= 15 is 0 Å². The summed E-state index contributed by atoms with van der Waals surface area (Å²) in [5.74, 6) is 1.29. The van der Waals surface area contributed by atoms with Crippen molar-refractivity contribution in [3.8, 4) is 22.8 Å². The normalized spacial score (nSPS) is 11.4. The molecule has 7 heteroatoms. The van der Waals surface area contributed by atoms with Crippen LogP contribution in [0.25, 0.3) is 40.0 Å². The number of nitrogens with one attached hydrogen (secondary N) is 1. The second kappa shape index (κ2) is 9.45. The second-order valence-corrected chi connectivity index (χ2v) is 8.99. The van der Waals surface area contributed by atoms with E-state index in [0.29, 0.717) is 44.3 Å². The molecule has 0 aliphatic carbocycles. The van der Waals surface area contributed by atoms with Gasteiger partial charge in [0, 0.05) is 22.3 Å². The van der Waals surface area contributed by atoms with E-state index in [2.05, 4.69) is 10.3 Å². The van der Waals surface area contributed by atoms with Crippen LogP contribution in [-0.4, -0.2) is 10.9 Å². The third-order valence-electron chi connectivity index (χ3n) is 5.49. The number of carbonyl (C=O) groups is 1. The number of hydrogen-bond acceptors (Lipinski definition) is 4. The highest BCUT2D eigenvalue weighted by molar-refractivity contribution is 6.33. The van der Waals surface area contributed by atoms with Gasteiger partial charge < -0.3 is 14.2 Å². The zero-order valence-electron chi connectivity index (χ0n) is 18.9. The third-order valence-corrected chi connectivity index (χ3v) is 6.23. The number of rotatable bonds is 5. The fraction of sp³-hybridized carbons (Fsp3) is 0.0714. The molecule has 0 aliphatic rings. The number of nitrogens with zero attached hydrogens (tertiary/aromatic N) is 1. The lowest BCUT2D eigenvalue weighted by Crippen LogP contribution is -2.07. The Kier molecular flexibility index (Phi) is 6.20. The number of oxazole rings is 1. The summed E-state index contributed by atoms with van der Waals surface area (Å²) < 4.78 is 11.7. The summed E-state index contributed by atoms with van der Waals surface area (Å²) in [5, 5.41) is 3.98. The molecule has 174 valence electrons. The van der Waals surface area contributed by atoms with Crippen molar-refractivity contribution in [3.05, 3.63) is 99.7 Å². The van der Waals surface area contributed by atoms with Crippen LogP contribution in [0.15, 0.2) is 81.6 Å². The van der Waals surface area contributed by atoms with Gasteiger partial charge in [-0.1, -0.05) is 41.4 Å². The SMILES string of the molecule is Cc1ccc2nc(-c3cc(NC(=O)/C=C/c4ccc(-c5ccc(C)c(Cl)c5)o4)ccc3Cl)oc2c1. The monoisotopic (exact) mass is 502 g/mol. The summed E-state index contributed by atoms with van der Waals surface area (Å²) in [5.41, 5.74) is 5.51. The zero-order chi connectivity index (χ0) is 24.5. The van der Waals surface area contributed by atoms with Crippen LogP contribution in [0.4, 0.5) is 5.69 Å². The van der Waals surface area contributed by atoms with E-state index in [1.807, 2.05) is 56.3 Å². The fourth-order valence-electron chi connectivity index (χ4n) is 3.60. The lowest BCUT2D eigenvalue weighted by Gasteiger charge is -2.05. The number of aryl methyl sites for hydroxylation is 2. The molecule has 1 amide bonds. The van der Waals surface area contributed by atoms with Gasteiger partial charge in [-0.15, -0.1) is 0 Å². The molecule has 0 saturated heterocycles. The molecule has 5 aromatic rings. The van der Waals surface area contributed by atoms with Crippen LogP contribution in [-0.2, 0) is 4.79 Å². The number of furan rings is 1. The highest BCUT2D eigenvalue weighted by Crippen LogP contribution is 2.33. The smallest absolute Gasteiger partial charge is 0.248 e. The molecule has 0 atom stereocenters. The second-order valence-electron chi connectivity index (χ2n) is 8.17. The van der Waals surface area contributed by atoms with Crippen molar-refractivity contribution >= 4 is 52.0 Å². The first kappa shape index (κ1) is 23.0. The first-order valence-corrected chi connectivity index (χ1v) is 11.6. The number of benzene rings is 3. The standard InChI is InChI=1S/C28H20Cl2N2O3/c1-16-3-10-24-26(13-16)35-28(32-24)21-15-19(6-9-22(21)29)31-27(33)12-8-20-7-11-25(34-20)18-5-4-17(2)23(30)14-18/h3-15H,1-2H3,(H,31,33)/b12-8+. The van der Waals surface area contributed by atoms with E-state index in [0.717, 1.165) is 22.2 Å². The largest absolute Gasteiger partial charge is 0.457 e. The predicted molar refractivity (Wildman–Crippen MR) is 141 cm³/mol. The van der Waals surface area contributed by atoms with E-state index in [1.165, 1.54) is 6.08 Å². The van der Waals surface area contributed by atoms with Crippen molar-refractivity contribution < 1.29 is 13.6 Å².